The molecule has 2 nitrogen and oxygen atoms in total. The van der Waals surface area contributed by atoms with Gasteiger partial charge in [0.05, 0.1) is 9.79 Å². The molecule has 4 aromatic carbocycles. The molecule has 0 unspecified atom stereocenters. The summed E-state index contributed by atoms with van der Waals surface area (Å²) < 4.78 is 26.9. The zero-order valence-electron chi connectivity index (χ0n) is 15.9. The molecule has 0 heterocycles. The SMILES string of the molecule is O=S(=O)(c1ccccc1)c1cc(Cl)ccc1-c1ccc(Cl)cc1Cc1ccccc1. The summed E-state index contributed by atoms with van der Waals surface area (Å²) in [6, 6.07) is 28.9. The van der Waals surface area contributed by atoms with Crippen LogP contribution in [-0.2, 0) is 16.3 Å². The molecule has 0 amide bonds. The minimum Gasteiger partial charge on any atom is -0.218 e. The Morgan fingerprint density at radius 1 is 0.633 bits per heavy atom. The third-order valence-corrected chi connectivity index (χ3v) is 7.16. The maximum atomic E-state index is 13.4. The van der Waals surface area contributed by atoms with E-state index in [1.165, 1.54) is 6.07 Å². The minimum absolute atomic E-state index is 0.179. The zero-order chi connectivity index (χ0) is 21.1. The van der Waals surface area contributed by atoms with Gasteiger partial charge in [-0.3, -0.25) is 0 Å². The molecule has 0 saturated heterocycles. The quantitative estimate of drug-likeness (QED) is 0.324. The van der Waals surface area contributed by atoms with Crippen LogP contribution in [0.2, 0.25) is 10.0 Å². The molecular weight excluding hydrogens is 435 g/mol. The first-order valence-electron chi connectivity index (χ1n) is 9.37. The molecule has 0 aliphatic heterocycles. The van der Waals surface area contributed by atoms with E-state index in [1.807, 2.05) is 42.5 Å². The van der Waals surface area contributed by atoms with E-state index in [2.05, 4.69) is 0 Å². The van der Waals surface area contributed by atoms with Crippen LogP contribution in [0.3, 0.4) is 0 Å². The molecule has 5 heteroatoms. The third-order valence-electron chi connectivity index (χ3n) is 4.88. The van der Waals surface area contributed by atoms with E-state index in [0.717, 1.165) is 16.7 Å². The molecule has 0 aromatic heterocycles. The average molecular weight is 453 g/mol. The second-order valence-electron chi connectivity index (χ2n) is 6.92. The minimum atomic E-state index is -3.76. The van der Waals surface area contributed by atoms with Crippen LogP contribution in [0.4, 0.5) is 0 Å². The fraction of sp³-hybridized carbons (Fsp3) is 0.0400. The molecule has 0 N–H and O–H groups in total. The lowest BCUT2D eigenvalue weighted by Gasteiger charge is -2.16. The Labute approximate surface area is 186 Å². The van der Waals surface area contributed by atoms with E-state index >= 15 is 0 Å². The highest BCUT2D eigenvalue weighted by molar-refractivity contribution is 7.91. The highest BCUT2D eigenvalue weighted by Gasteiger charge is 2.23. The smallest absolute Gasteiger partial charge is 0.207 e. The van der Waals surface area contributed by atoms with Gasteiger partial charge in [0.1, 0.15) is 0 Å². The number of halogens is 2. The fourth-order valence-corrected chi connectivity index (χ4v) is 5.41. The highest BCUT2D eigenvalue weighted by atomic mass is 35.5. The summed E-state index contributed by atoms with van der Waals surface area (Å²) >= 11 is 12.5. The van der Waals surface area contributed by atoms with Crippen molar-refractivity contribution in [3.8, 4) is 11.1 Å². The number of hydrogen-bond donors (Lipinski definition) is 0. The molecule has 0 aliphatic carbocycles. The third kappa shape index (κ3) is 4.29. The summed E-state index contributed by atoms with van der Waals surface area (Å²) in [5, 5.41) is 0.970. The molecule has 150 valence electrons. The standard InChI is InChI=1S/C25H18Cl2O2S/c26-20-11-13-23(19(16-20)15-18-7-3-1-4-8-18)24-14-12-21(27)17-25(24)30(28,29)22-9-5-2-6-10-22/h1-14,16-17H,15H2. The van der Waals surface area contributed by atoms with Crippen molar-refractivity contribution in [1.29, 1.82) is 0 Å². The molecular formula is C25H18Cl2O2S. The molecule has 0 bridgehead atoms. The topological polar surface area (TPSA) is 34.1 Å². The van der Waals surface area contributed by atoms with E-state index in [0.29, 0.717) is 22.0 Å². The normalized spacial score (nSPS) is 11.4. The van der Waals surface area contributed by atoms with E-state index in [-0.39, 0.29) is 9.79 Å². The van der Waals surface area contributed by atoms with Crippen LogP contribution >= 0.6 is 23.2 Å². The maximum Gasteiger partial charge on any atom is 0.207 e. The molecule has 0 radical (unpaired) electrons. The highest BCUT2D eigenvalue weighted by Crippen LogP contribution is 2.36. The number of sulfone groups is 1. The predicted octanol–water partition coefficient (Wildman–Crippen LogP) is 7.08. The van der Waals surface area contributed by atoms with Gasteiger partial charge in [-0.1, -0.05) is 83.9 Å². The molecule has 4 aromatic rings. The van der Waals surface area contributed by atoms with E-state index in [1.54, 1.807) is 48.5 Å². The number of benzene rings is 4. The van der Waals surface area contributed by atoms with Crippen LogP contribution in [0.5, 0.6) is 0 Å². The van der Waals surface area contributed by atoms with Gasteiger partial charge in [0.25, 0.3) is 0 Å². The molecule has 0 saturated carbocycles. The first-order valence-corrected chi connectivity index (χ1v) is 11.6. The van der Waals surface area contributed by atoms with Gasteiger partial charge in [0, 0.05) is 15.6 Å². The Morgan fingerprint density at radius 2 is 1.20 bits per heavy atom. The van der Waals surface area contributed by atoms with E-state index in [4.69, 9.17) is 23.2 Å². The lowest BCUT2D eigenvalue weighted by Crippen LogP contribution is -2.05. The van der Waals surface area contributed by atoms with Crippen LogP contribution in [-0.4, -0.2) is 8.42 Å². The van der Waals surface area contributed by atoms with Gasteiger partial charge in [-0.2, -0.15) is 0 Å². The molecule has 30 heavy (non-hydrogen) atoms. The van der Waals surface area contributed by atoms with Crippen molar-refractivity contribution in [2.75, 3.05) is 0 Å². The van der Waals surface area contributed by atoms with Gasteiger partial charge in [0.15, 0.2) is 0 Å². The molecule has 0 spiro atoms. The van der Waals surface area contributed by atoms with Crippen LogP contribution < -0.4 is 0 Å². The Morgan fingerprint density at radius 3 is 1.87 bits per heavy atom. The van der Waals surface area contributed by atoms with Crippen LogP contribution in [0.25, 0.3) is 11.1 Å². The van der Waals surface area contributed by atoms with Gasteiger partial charge in [0.2, 0.25) is 9.84 Å². The van der Waals surface area contributed by atoms with Crippen LogP contribution in [0, 0.1) is 0 Å². The summed E-state index contributed by atoms with van der Waals surface area (Å²) in [5.74, 6) is 0. The molecule has 0 fully saturated rings. The Hall–Kier alpha value is -2.59. The van der Waals surface area contributed by atoms with Crippen molar-refractivity contribution < 1.29 is 8.42 Å². The molecule has 0 aliphatic rings. The molecule has 0 atom stereocenters. The Bertz CT molecular complexity index is 1290. The Balaban J connectivity index is 1.91. The van der Waals surface area contributed by atoms with Crippen molar-refractivity contribution >= 4 is 33.0 Å². The lowest BCUT2D eigenvalue weighted by atomic mass is 9.95. The fourth-order valence-electron chi connectivity index (χ4n) is 3.45. The summed E-state index contributed by atoms with van der Waals surface area (Å²) in [4.78, 5) is 0.407. The Kier molecular flexibility index (Phi) is 5.96. The first kappa shape index (κ1) is 20.7. The summed E-state index contributed by atoms with van der Waals surface area (Å²) in [6.45, 7) is 0. The van der Waals surface area contributed by atoms with Gasteiger partial charge in [-0.05, 0) is 59.5 Å². The maximum absolute atomic E-state index is 13.4. The first-order chi connectivity index (χ1) is 14.4. The number of hydrogen-bond acceptors (Lipinski definition) is 2. The lowest BCUT2D eigenvalue weighted by molar-refractivity contribution is 0.596. The van der Waals surface area contributed by atoms with E-state index in [9.17, 15) is 8.42 Å². The summed E-state index contributed by atoms with van der Waals surface area (Å²) in [7, 11) is -3.76. The van der Waals surface area contributed by atoms with Crippen molar-refractivity contribution in [1.82, 2.24) is 0 Å². The van der Waals surface area contributed by atoms with Gasteiger partial charge < -0.3 is 0 Å². The summed E-state index contributed by atoms with van der Waals surface area (Å²) in [6.07, 6.45) is 0.629. The summed E-state index contributed by atoms with van der Waals surface area (Å²) in [5.41, 5.74) is 3.48. The van der Waals surface area contributed by atoms with Crippen molar-refractivity contribution in [3.05, 3.63) is 118 Å². The average Bonchev–Trinajstić information content (AvgIpc) is 2.75. The number of rotatable bonds is 5. The van der Waals surface area contributed by atoms with Crippen molar-refractivity contribution in [2.24, 2.45) is 0 Å². The molecule has 4 rings (SSSR count). The van der Waals surface area contributed by atoms with Gasteiger partial charge in [-0.25, -0.2) is 8.42 Å². The van der Waals surface area contributed by atoms with E-state index < -0.39 is 9.84 Å². The van der Waals surface area contributed by atoms with Crippen molar-refractivity contribution in [3.63, 3.8) is 0 Å². The van der Waals surface area contributed by atoms with Crippen LogP contribution in [0.15, 0.2) is 107 Å². The van der Waals surface area contributed by atoms with Crippen molar-refractivity contribution in [2.45, 2.75) is 16.2 Å². The zero-order valence-corrected chi connectivity index (χ0v) is 18.3. The second kappa shape index (κ2) is 8.65. The van der Waals surface area contributed by atoms with Crippen LogP contribution in [0.1, 0.15) is 11.1 Å². The largest absolute Gasteiger partial charge is 0.218 e. The monoisotopic (exact) mass is 452 g/mol. The predicted molar refractivity (Wildman–Crippen MR) is 123 cm³/mol. The second-order valence-corrected chi connectivity index (χ2v) is 9.71. The van der Waals surface area contributed by atoms with Gasteiger partial charge in [-0.15, -0.1) is 0 Å². The van der Waals surface area contributed by atoms with Gasteiger partial charge >= 0.3 is 0 Å².